The third kappa shape index (κ3) is 8.51. The molecule has 0 radical (unpaired) electrons. The molecule has 0 aliphatic rings. The molecule has 0 rings (SSSR count). The monoisotopic (exact) mass is 283 g/mol. The number of nitriles is 1. The van der Waals surface area contributed by atoms with Crippen LogP contribution in [0, 0.1) is 17.2 Å². The van der Waals surface area contributed by atoms with Crippen molar-refractivity contribution in [2.24, 2.45) is 5.92 Å². The van der Waals surface area contributed by atoms with E-state index in [1.807, 2.05) is 24.8 Å². The number of ether oxygens (including phenoxy) is 2. The third-order valence-electron chi connectivity index (χ3n) is 2.51. The molecule has 0 unspecified atom stereocenters. The number of carbonyl (C=O) groups excluding carboxylic acids is 1. The van der Waals surface area contributed by atoms with E-state index in [-0.39, 0.29) is 11.5 Å². The Hall–Kier alpha value is -1.58. The summed E-state index contributed by atoms with van der Waals surface area (Å²) < 4.78 is 10.0. The molecule has 0 fully saturated rings. The van der Waals surface area contributed by atoms with Crippen molar-refractivity contribution >= 4 is 5.91 Å². The van der Waals surface area contributed by atoms with Gasteiger partial charge in [-0.1, -0.05) is 13.8 Å². The largest absolute Gasteiger partial charge is 0.383 e. The number of methoxy groups -OCH3 is 2. The molecule has 0 aromatic carbocycles. The second kappa shape index (κ2) is 11.3. The number of amides is 1. The third-order valence-corrected chi connectivity index (χ3v) is 2.51. The van der Waals surface area contributed by atoms with Gasteiger partial charge in [0.1, 0.15) is 11.6 Å². The number of rotatable bonds is 10. The van der Waals surface area contributed by atoms with Gasteiger partial charge < -0.3 is 19.7 Å². The standard InChI is InChI=1S/C14H25N3O3/c1-12(2)10-16-14(18)13(9-15)11-17(5-7-19-3)6-8-20-4/h11-12H,5-8,10H2,1-4H3,(H,16,18)/b13-11-. The topological polar surface area (TPSA) is 74.6 Å². The first-order valence-electron chi connectivity index (χ1n) is 6.67. The van der Waals surface area contributed by atoms with Gasteiger partial charge in [-0.15, -0.1) is 0 Å². The fourth-order valence-corrected chi connectivity index (χ4v) is 1.37. The number of hydrogen-bond donors (Lipinski definition) is 1. The quantitative estimate of drug-likeness (QED) is 0.473. The minimum absolute atomic E-state index is 0.0952. The van der Waals surface area contributed by atoms with Crippen LogP contribution in [0.25, 0.3) is 0 Å². The Labute approximate surface area is 121 Å². The number of carbonyl (C=O) groups is 1. The van der Waals surface area contributed by atoms with Gasteiger partial charge in [-0.25, -0.2) is 0 Å². The van der Waals surface area contributed by atoms with Crippen molar-refractivity contribution < 1.29 is 14.3 Å². The van der Waals surface area contributed by atoms with E-state index in [1.54, 1.807) is 20.4 Å². The number of nitrogens with zero attached hydrogens (tertiary/aromatic N) is 2. The molecule has 0 spiro atoms. The maximum Gasteiger partial charge on any atom is 0.263 e. The summed E-state index contributed by atoms with van der Waals surface area (Å²) in [4.78, 5) is 13.7. The average molecular weight is 283 g/mol. The van der Waals surface area contributed by atoms with E-state index >= 15 is 0 Å². The molecule has 1 amide bonds. The zero-order valence-electron chi connectivity index (χ0n) is 12.8. The molecule has 114 valence electrons. The molecule has 1 N–H and O–H groups in total. The molecule has 0 saturated carbocycles. The van der Waals surface area contributed by atoms with Crippen LogP contribution in [-0.2, 0) is 14.3 Å². The van der Waals surface area contributed by atoms with Crippen LogP contribution in [0.15, 0.2) is 11.8 Å². The lowest BCUT2D eigenvalue weighted by Crippen LogP contribution is -2.31. The second-order valence-electron chi connectivity index (χ2n) is 4.78. The molecule has 0 aromatic rings. The van der Waals surface area contributed by atoms with Gasteiger partial charge in [-0.05, 0) is 5.92 Å². The van der Waals surface area contributed by atoms with Crippen LogP contribution >= 0.6 is 0 Å². The summed E-state index contributed by atoms with van der Waals surface area (Å²) in [5.41, 5.74) is 0.0952. The van der Waals surface area contributed by atoms with Crippen molar-refractivity contribution in [2.75, 3.05) is 47.1 Å². The molecule has 6 nitrogen and oxygen atoms in total. The van der Waals surface area contributed by atoms with Gasteiger partial charge in [0.25, 0.3) is 5.91 Å². The second-order valence-corrected chi connectivity index (χ2v) is 4.78. The summed E-state index contributed by atoms with van der Waals surface area (Å²) >= 11 is 0. The Morgan fingerprint density at radius 1 is 1.30 bits per heavy atom. The lowest BCUT2D eigenvalue weighted by molar-refractivity contribution is -0.117. The van der Waals surface area contributed by atoms with E-state index in [1.165, 1.54) is 0 Å². The normalized spacial score (nSPS) is 11.3. The van der Waals surface area contributed by atoms with Crippen molar-refractivity contribution in [1.29, 1.82) is 5.26 Å². The van der Waals surface area contributed by atoms with Gasteiger partial charge >= 0.3 is 0 Å². The summed E-state index contributed by atoms with van der Waals surface area (Å²) in [7, 11) is 3.22. The zero-order valence-corrected chi connectivity index (χ0v) is 12.8. The average Bonchev–Trinajstić information content (AvgIpc) is 2.44. The van der Waals surface area contributed by atoms with E-state index < -0.39 is 0 Å². The summed E-state index contributed by atoms with van der Waals surface area (Å²) in [6.45, 7) is 6.79. The first-order chi connectivity index (χ1) is 9.54. The lowest BCUT2D eigenvalue weighted by atomic mass is 10.2. The molecular formula is C14H25N3O3. The molecule has 0 aliphatic carbocycles. The van der Waals surface area contributed by atoms with Gasteiger partial charge in [-0.3, -0.25) is 4.79 Å². The number of nitrogens with one attached hydrogen (secondary N) is 1. The van der Waals surface area contributed by atoms with Crippen LogP contribution in [-0.4, -0.2) is 57.9 Å². The summed E-state index contributed by atoms with van der Waals surface area (Å²) in [6.07, 6.45) is 1.56. The first kappa shape index (κ1) is 18.4. The van der Waals surface area contributed by atoms with Gasteiger partial charge in [0.2, 0.25) is 0 Å². The fraction of sp³-hybridized carbons (Fsp3) is 0.714. The summed E-state index contributed by atoms with van der Waals surface area (Å²) in [5, 5.41) is 11.8. The first-order valence-corrected chi connectivity index (χ1v) is 6.67. The Kier molecular flexibility index (Phi) is 10.4. The van der Waals surface area contributed by atoms with E-state index in [4.69, 9.17) is 14.7 Å². The van der Waals surface area contributed by atoms with Crippen molar-refractivity contribution in [2.45, 2.75) is 13.8 Å². The fourth-order valence-electron chi connectivity index (χ4n) is 1.37. The highest BCUT2D eigenvalue weighted by Gasteiger charge is 2.11. The molecule has 0 atom stereocenters. The maximum atomic E-state index is 11.9. The predicted molar refractivity (Wildman–Crippen MR) is 76.9 cm³/mol. The minimum atomic E-state index is -0.346. The van der Waals surface area contributed by atoms with Gasteiger partial charge in [0.15, 0.2) is 0 Å². The van der Waals surface area contributed by atoms with Crippen LogP contribution in [0.5, 0.6) is 0 Å². The van der Waals surface area contributed by atoms with E-state index in [9.17, 15) is 4.79 Å². The summed E-state index contributed by atoms with van der Waals surface area (Å²) in [6, 6.07) is 1.93. The Morgan fingerprint density at radius 2 is 1.85 bits per heavy atom. The van der Waals surface area contributed by atoms with E-state index in [0.29, 0.717) is 38.8 Å². The van der Waals surface area contributed by atoms with Crippen molar-refractivity contribution in [3.8, 4) is 6.07 Å². The Balaban J connectivity index is 4.67. The van der Waals surface area contributed by atoms with Crippen LogP contribution in [0.3, 0.4) is 0 Å². The predicted octanol–water partition coefficient (Wildman–Crippen LogP) is 0.761. The molecule has 0 aromatic heterocycles. The van der Waals surface area contributed by atoms with Crippen LogP contribution in [0.1, 0.15) is 13.8 Å². The van der Waals surface area contributed by atoms with Crippen molar-refractivity contribution in [1.82, 2.24) is 10.2 Å². The molecule has 0 aliphatic heterocycles. The van der Waals surface area contributed by atoms with Gasteiger partial charge in [0, 0.05) is 40.1 Å². The Bertz CT molecular complexity index is 340. The molecule has 0 heterocycles. The molecule has 20 heavy (non-hydrogen) atoms. The molecule has 0 saturated heterocycles. The highest BCUT2D eigenvalue weighted by Crippen LogP contribution is 2.00. The smallest absolute Gasteiger partial charge is 0.263 e. The van der Waals surface area contributed by atoms with E-state index in [0.717, 1.165) is 0 Å². The highest BCUT2D eigenvalue weighted by atomic mass is 16.5. The number of hydrogen-bond acceptors (Lipinski definition) is 5. The maximum absolute atomic E-state index is 11.9. The zero-order chi connectivity index (χ0) is 15.4. The van der Waals surface area contributed by atoms with Crippen LogP contribution in [0.4, 0.5) is 0 Å². The van der Waals surface area contributed by atoms with Crippen molar-refractivity contribution in [3.05, 3.63) is 11.8 Å². The SMILES string of the molecule is COCCN(/C=C(/C#N)C(=O)NCC(C)C)CCOC. The van der Waals surface area contributed by atoms with Crippen LogP contribution in [0.2, 0.25) is 0 Å². The van der Waals surface area contributed by atoms with Crippen molar-refractivity contribution in [3.63, 3.8) is 0 Å². The minimum Gasteiger partial charge on any atom is -0.383 e. The molecule has 6 heteroatoms. The van der Waals surface area contributed by atoms with Crippen LogP contribution < -0.4 is 5.32 Å². The lowest BCUT2D eigenvalue weighted by Gasteiger charge is -2.20. The Morgan fingerprint density at radius 3 is 2.25 bits per heavy atom. The van der Waals surface area contributed by atoms with Gasteiger partial charge in [0.05, 0.1) is 13.2 Å². The van der Waals surface area contributed by atoms with E-state index in [2.05, 4.69) is 5.32 Å². The summed E-state index contributed by atoms with van der Waals surface area (Å²) in [5.74, 6) is -0.00184. The molecule has 0 bridgehead atoms. The highest BCUT2D eigenvalue weighted by molar-refractivity contribution is 5.97. The molecular weight excluding hydrogens is 258 g/mol. The van der Waals surface area contributed by atoms with Gasteiger partial charge in [-0.2, -0.15) is 5.26 Å².